The van der Waals surface area contributed by atoms with Gasteiger partial charge in [0.05, 0.1) is 0 Å². The number of hydrogen-bond donors (Lipinski definition) is 1. The molecule has 0 saturated heterocycles. The molecule has 10 heteroatoms. The minimum Gasteiger partial charge on any atom is -0.465 e. The van der Waals surface area contributed by atoms with E-state index in [9.17, 15) is 22.8 Å². The monoisotopic (exact) mass is 520 g/mol. The van der Waals surface area contributed by atoms with Crippen LogP contribution in [0, 0.1) is 5.92 Å². The van der Waals surface area contributed by atoms with Crippen LogP contribution in [0.5, 0.6) is 5.88 Å². The summed E-state index contributed by atoms with van der Waals surface area (Å²) in [6, 6.07) is 8.19. The minimum atomic E-state index is -4.42. The first-order chi connectivity index (χ1) is 17.6. The van der Waals surface area contributed by atoms with Crippen LogP contribution < -0.4 is 15.6 Å². The molecule has 2 aromatic heterocycles. The third-order valence-electron chi connectivity index (χ3n) is 7.62. The highest BCUT2D eigenvalue weighted by Crippen LogP contribution is 2.28. The number of nitrogens with zero attached hydrogens (tertiary/aromatic N) is 3. The summed E-state index contributed by atoms with van der Waals surface area (Å²) < 4.78 is 44.8. The number of alkyl halides is 3. The van der Waals surface area contributed by atoms with Gasteiger partial charge in [-0.2, -0.15) is 13.2 Å². The van der Waals surface area contributed by atoms with E-state index in [0.717, 1.165) is 76.3 Å². The maximum Gasteiger partial charge on any atom is 0.425 e. The number of aromatic nitrogens is 2. The number of amides is 1. The predicted molar refractivity (Wildman–Crippen MR) is 134 cm³/mol. The van der Waals surface area contributed by atoms with E-state index in [0.29, 0.717) is 18.0 Å². The zero-order valence-corrected chi connectivity index (χ0v) is 21.4. The standard InChI is InChI=1S/C27H35F3N4O3/c1-18(27(28,29)30)37-24-11-8-20-13-16-34(17-14-22(20)32-24)15-12-19-6-9-21(10-7-19)31-26(36)23-4-3-5-25(35)33(23)2/h3-5,8,11,18-19,21H,6-7,9-10,12-17H2,1-2H3,(H,31,36). The molecule has 0 spiro atoms. The van der Waals surface area contributed by atoms with Crippen LogP contribution in [-0.2, 0) is 19.9 Å². The molecule has 0 radical (unpaired) electrons. The van der Waals surface area contributed by atoms with Crippen LogP contribution in [0.25, 0.3) is 0 Å². The lowest BCUT2D eigenvalue weighted by Crippen LogP contribution is -2.40. The molecule has 2 aliphatic rings. The fraction of sp³-hybridized carbons (Fsp3) is 0.593. The molecule has 1 saturated carbocycles. The number of carbonyl (C=O) groups is 1. The molecule has 3 heterocycles. The second-order valence-electron chi connectivity index (χ2n) is 10.2. The third kappa shape index (κ3) is 7.12. The second kappa shape index (κ2) is 11.7. The third-order valence-corrected chi connectivity index (χ3v) is 7.62. The van der Waals surface area contributed by atoms with Crippen LogP contribution in [0.1, 0.15) is 60.8 Å². The molecule has 0 aromatic carbocycles. The lowest BCUT2D eigenvalue weighted by atomic mass is 9.84. The van der Waals surface area contributed by atoms with Crippen molar-refractivity contribution in [2.45, 2.75) is 70.2 Å². The SMILES string of the molecule is CC(Oc1ccc2c(n1)CCN(CCC1CCC(NC(=O)c3cccc(=O)n3C)CC1)CC2)C(F)(F)F. The van der Waals surface area contributed by atoms with Crippen molar-refractivity contribution in [1.29, 1.82) is 0 Å². The number of fused-ring (bicyclic) bond motifs is 1. The number of halogens is 3. The van der Waals surface area contributed by atoms with Crippen molar-refractivity contribution < 1.29 is 22.7 Å². The summed E-state index contributed by atoms with van der Waals surface area (Å²) >= 11 is 0. The average Bonchev–Trinajstić information content (AvgIpc) is 3.06. The normalized spacial score (nSPS) is 21.5. The topological polar surface area (TPSA) is 76.5 Å². The molecule has 7 nitrogen and oxygen atoms in total. The molecule has 1 amide bonds. The van der Waals surface area contributed by atoms with Crippen molar-refractivity contribution in [2.75, 3.05) is 19.6 Å². The average molecular weight is 521 g/mol. The minimum absolute atomic E-state index is 0.0235. The van der Waals surface area contributed by atoms with Gasteiger partial charge in [0, 0.05) is 50.4 Å². The maximum absolute atomic E-state index is 12.8. The summed E-state index contributed by atoms with van der Waals surface area (Å²) in [6.07, 6.45) is 0.213. The van der Waals surface area contributed by atoms with Crippen LogP contribution in [0.15, 0.2) is 35.1 Å². The highest BCUT2D eigenvalue weighted by atomic mass is 19.4. The molecule has 1 aliphatic heterocycles. The summed E-state index contributed by atoms with van der Waals surface area (Å²) in [4.78, 5) is 31.2. The highest BCUT2D eigenvalue weighted by Gasteiger charge is 2.38. The van der Waals surface area contributed by atoms with E-state index < -0.39 is 12.3 Å². The molecule has 1 aliphatic carbocycles. The molecule has 4 rings (SSSR count). The first kappa shape index (κ1) is 27.2. The second-order valence-corrected chi connectivity index (χ2v) is 10.2. The first-order valence-corrected chi connectivity index (χ1v) is 13.0. The maximum atomic E-state index is 12.8. The van der Waals surface area contributed by atoms with Gasteiger partial charge in [0.2, 0.25) is 5.88 Å². The van der Waals surface area contributed by atoms with Crippen molar-refractivity contribution in [3.8, 4) is 5.88 Å². The van der Waals surface area contributed by atoms with Gasteiger partial charge < -0.3 is 19.5 Å². The summed E-state index contributed by atoms with van der Waals surface area (Å²) in [7, 11) is 1.60. The summed E-state index contributed by atoms with van der Waals surface area (Å²) in [5.41, 5.74) is 2.07. The number of pyridine rings is 2. The fourth-order valence-electron chi connectivity index (χ4n) is 5.16. The molecule has 37 heavy (non-hydrogen) atoms. The van der Waals surface area contributed by atoms with E-state index in [1.807, 2.05) is 6.07 Å². The van der Waals surface area contributed by atoms with E-state index in [-0.39, 0.29) is 23.4 Å². The van der Waals surface area contributed by atoms with Gasteiger partial charge in [0.1, 0.15) is 5.69 Å². The number of hydrogen-bond acceptors (Lipinski definition) is 5. The van der Waals surface area contributed by atoms with Crippen molar-refractivity contribution in [3.63, 3.8) is 0 Å². The largest absolute Gasteiger partial charge is 0.465 e. The Morgan fingerprint density at radius 2 is 1.86 bits per heavy atom. The Balaban J connectivity index is 1.21. The molecule has 1 unspecified atom stereocenters. The first-order valence-electron chi connectivity index (χ1n) is 13.0. The Bertz CT molecular complexity index is 1140. The lowest BCUT2D eigenvalue weighted by molar-refractivity contribution is -0.190. The summed E-state index contributed by atoms with van der Waals surface area (Å²) in [5, 5.41) is 3.08. The highest BCUT2D eigenvalue weighted by molar-refractivity contribution is 5.92. The Morgan fingerprint density at radius 1 is 1.14 bits per heavy atom. The van der Waals surface area contributed by atoms with Crippen molar-refractivity contribution in [2.24, 2.45) is 13.0 Å². The molecule has 202 valence electrons. The lowest BCUT2D eigenvalue weighted by Gasteiger charge is -2.31. The van der Waals surface area contributed by atoms with E-state index in [2.05, 4.69) is 15.2 Å². The van der Waals surface area contributed by atoms with Gasteiger partial charge in [0.25, 0.3) is 11.5 Å². The molecule has 0 bridgehead atoms. The Morgan fingerprint density at radius 3 is 2.59 bits per heavy atom. The predicted octanol–water partition coefficient (Wildman–Crippen LogP) is 3.89. The van der Waals surface area contributed by atoms with Gasteiger partial charge in [-0.3, -0.25) is 9.59 Å². The van der Waals surface area contributed by atoms with E-state index >= 15 is 0 Å². The van der Waals surface area contributed by atoms with Gasteiger partial charge in [-0.15, -0.1) is 0 Å². The summed E-state index contributed by atoms with van der Waals surface area (Å²) in [5.74, 6) is 0.417. The smallest absolute Gasteiger partial charge is 0.425 e. The Kier molecular flexibility index (Phi) is 8.56. The van der Waals surface area contributed by atoms with Gasteiger partial charge >= 0.3 is 6.18 Å². The van der Waals surface area contributed by atoms with Gasteiger partial charge in [0.15, 0.2) is 6.10 Å². The molecule has 1 atom stereocenters. The van der Waals surface area contributed by atoms with Crippen LogP contribution in [0.4, 0.5) is 13.2 Å². The Hall–Kier alpha value is -2.88. The number of ether oxygens (including phenoxy) is 1. The van der Waals surface area contributed by atoms with Crippen molar-refractivity contribution in [1.82, 2.24) is 19.8 Å². The molecular formula is C27H35F3N4O3. The molecular weight excluding hydrogens is 485 g/mol. The van der Waals surface area contributed by atoms with E-state index in [4.69, 9.17) is 4.74 Å². The van der Waals surface area contributed by atoms with Gasteiger partial charge in [-0.05, 0) is 69.5 Å². The van der Waals surface area contributed by atoms with Crippen LogP contribution in [-0.4, -0.2) is 58.3 Å². The van der Waals surface area contributed by atoms with Crippen molar-refractivity contribution >= 4 is 5.91 Å². The number of rotatable bonds is 7. The van der Waals surface area contributed by atoms with Gasteiger partial charge in [-0.25, -0.2) is 4.98 Å². The van der Waals surface area contributed by atoms with Crippen LogP contribution in [0.2, 0.25) is 0 Å². The quantitative estimate of drug-likeness (QED) is 0.600. The molecule has 1 fully saturated rings. The van der Waals surface area contributed by atoms with Crippen LogP contribution >= 0.6 is 0 Å². The zero-order chi connectivity index (χ0) is 26.6. The zero-order valence-electron chi connectivity index (χ0n) is 21.4. The fourth-order valence-corrected chi connectivity index (χ4v) is 5.16. The van der Waals surface area contributed by atoms with E-state index in [1.54, 1.807) is 19.2 Å². The number of nitrogens with one attached hydrogen (secondary N) is 1. The molecule has 2 aromatic rings. The summed E-state index contributed by atoms with van der Waals surface area (Å²) in [6.45, 7) is 3.67. The Labute approximate surface area is 215 Å². The van der Waals surface area contributed by atoms with Crippen LogP contribution in [0.3, 0.4) is 0 Å². The number of carbonyl (C=O) groups excluding carboxylic acids is 1. The van der Waals surface area contributed by atoms with Gasteiger partial charge in [-0.1, -0.05) is 12.1 Å². The van der Waals surface area contributed by atoms with Crippen molar-refractivity contribution in [3.05, 3.63) is 57.6 Å². The molecule has 1 N–H and O–H groups in total. The van der Waals surface area contributed by atoms with E-state index in [1.165, 1.54) is 16.7 Å².